The van der Waals surface area contributed by atoms with E-state index in [0.29, 0.717) is 0 Å². The highest BCUT2D eigenvalue weighted by Crippen LogP contribution is 2.12. The molecule has 0 atom stereocenters. The molecular weight excluding hydrogens is 214 g/mol. The Morgan fingerprint density at radius 3 is 2.71 bits per heavy atom. The third kappa shape index (κ3) is 6.29. The van der Waals surface area contributed by atoms with Gasteiger partial charge in [0.05, 0.1) is 6.61 Å². The molecule has 3 nitrogen and oxygen atoms in total. The second kappa shape index (κ2) is 8.09. The first-order valence-corrected chi connectivity index (χ1v) is 6.21. The number of aliphatic hydroxyl groups is 1. The number of nitrogens with zero attached hydrogens (tertiary/aromatic N) is 1. The van der Waals surface area contributed by atoms with Gasteiger partial charge in [0.25, 0.3) is 0 Å². The summed E-state index contributed by atoms with van der Waals surface area (Å²) in [6.07, 6.45) is 1.85. The van der Waals surface area contributed by atoms with Crippen LogP contribution in [0.5, 0.6) is 5.75 Å². The van der Waals surface area contributed by atoms with Gasteiger partial charge in [0, 0.05) is 19.7 Å². The third-order valence-corrected chi connectivity index (χ3v) is 2.64. The zero-order valence-corrected chi connectivity index (χ0v) is 10.9. The average Bonchev–Trinajstić information content (AvgIpc) is 2.32. The van der Waals surface area contributed by atoms with Crippen molar-refractivity contribution in [2.45, 2.75) is 19.8 Å². The van der Waals surface area contributed by atoms with Crippen LogP contribution in [-0.4, -0.2) is 43.4 Å². The molecule has 0 aromatic heterocycles. The van der Waals surface area contributed by atoms with Crippen molar-refractivity contribution in [2.75, 3.05) is 33.4 Å². The van der Waals surface area contributed by atoms with Gasteiger partial charge in [0.15, 0.2) is 0 Å². The summed E-state index contributed by atoms with van der Waals surface area (Å²) in [6.45, 7) is 5.03. The number of hydrogen-bond acceptors (Lipinski definition) is 3. The van der Waals surface area contributed by atoms with Gasteiger partial charge in [-0.3, -0.25) is 0 Å². The zero-order valence-electron chi connectivity index (χ0n) is 10.9. The fraction of sp³-hybridized carbons (Fsp3) is 0.571. The molecule has 0 spiro atoms. The monoisotopic (exact) mass is 237 g/mol. The van der Waals surface area contributed by atoms with E-state index in [4.69, 9.17) is 9.84 Å². The Kier molecular flexibility index (Phi) is 6.67. The fourth-order valence-electron chi connectivity index (χ4n) is 1.68. The maximum atomic E-state index is 8.71. The van der Waals surface area contributed by atoms with Crippen molar-refractivity contribution in [1.29, 1.82) is 0 Å². The molecule has 1 aromatic rings. The Balaban J connectivity index is 2.11. The SMILES string of the molecule is Cc1cccc(OCCCN(C)CCCO)c1. The Morgan fingerprint density at radius 1 is 1.24 bits per heavy atom. The molecule has 0 saturated carbocycles. The lowest BCUT2D eigenvalue weighted by Gasteiger charge is -2.15. The smallest absolute Gasteiger partial charge is 0.119 e. The minimum Gasteiger partial charge on any atom is -0.494 e. The minimum absolute atomic E-state index is 0.268. The molecule has 96 valence electrons. The van der Waals surface area contributed by atoms with Crippen LogP contribution < -0.4 is 4.74 Å². The van der Waals surface area contributed by atoms with Crippen LogP contribution in [0.25, 0.3) is 0 Å². The van der Waals surface area contributed by atoms with Gasteiger partial charge in [-0.15, -0.1) is 0 Å². The van der Waals surface area contributed by atoms with Crippen LogP contribution in [0.15, 0.2) is 24.3 Å². The molecule has 0 aliphatic carbocycles. The topological polar surface area (TPSA) is 32.7 Å². The minimum atomic E-state index is 0.268. The lowest BCUT2D eigenvalue weighted by molar-refractivity contribution is 0.231. The summed E-state index contributed by atoms with van der Waals surface area (Å²) in [5.41, 5.74) is 1.22. The van der Waals surface area contributed by atoms with E-state index in [1.165, 1.54) is 5.56 Å². The lowest BCUT2D eigenvalue weighted by atomic mass is 10.2. The molecule has 0 amide bonds. The van der Waals surface area contributed by atoms with Crippen molar-refractivity contribution >= 4 is 0 Å². The molecule has 0 unspecified atom stereocenters. The summed E-state index contributed by atoms with van der Waals surface area (Å²) in [5, 5.41) is 8.71. The van der Waals surface area contributed by atoms with Gasteiger partial charge in [-0.25, -0.2) is 0 Å². The summed E-state index contributed by atoms with van der Waals surface area (Å²) in [7, 11) is 2.07. The molecule has 0 fully saturated rings. The second-order valence-electron chi connectivity index (χ2n) is 4.40. The Morgan fingerprint density at radius 2 is 2.00 bits per heavy atom. The highest BCUT2D eigenvalue weighted by molar-refractivity contribution is 5.27. The van der Waals surface area contributed by atoms with Gasteiger partial charge in [-0.1, -0.05) is 12.1 Å². The molecule has 1 rings (SSSR count). The van der Waals surface area contributed by atoms with Crippen LogP contribution in [0.3, 0.4) is 0 Å². The van der Waals surface area contributed by atoms with Gasteiger partial charge in [-0.2, -0.15) is 0 Å². The molecule has 1 N–H and O–H groups in total. The normalized spacial score (nSPS) is 10.8. The van der Waals surface area contributed by atoms with Gasteiger partial charge in [-0.05, 0) is 44.5 Å². The quantitative estimate of drug-likeness (QED) is 0.703. The molecule has 0 aliphatic heterocycles. The maximum Gasteiger partial charge on any atom is 0.119 e. The second-order valence-corrected chi connectivity index (χ2v) is 4.40. The van der Waals surface area contributed by atoms with E-state index in [2.05, 4.69) is 31.0 Å². The van der Waals surface area contributed by atoms with E-state index in [1.54, 1.807) is 0 Å². The van der Waals surface area contributed by atoms with Crippen LogP contribution in [0.4, 0.5) is 0 Å². The number of aliphatic hydroxyl groups excluding tert-OH is 1. The maximum absolute atomic E-state index is 8.71. The first-order valence-electron chi connectivity index (χ1n) is 6.21. The molecule has 0 bridgehead atoms. The highest BCUT2D eigenvalue weighted by atomic mass is 16.5. The predicted octanol–water partition coefficient (Wildman–Crippen LogP) is 2.08. The molecule has 0 saturated heterocycles. The zero-order chi connectivity index (χ0) is 12.5. The largest absolute Gasteiger partial charge is 0.494 e. The van der Waals surface area contributed by atoms with Crippen LogP contribution in [-0.2, 0) is 0 Å². The first kappa shape index (κ1) is 14.0. The van der Waals surface area contributed by atoms with Gasteiger partial charge in [0.1, 0.15) is 5.75 Å². The lowest BCUT2D eigenvalue weighted by Crippen LogP contribution is -2.23. The van der Waals surface area contributed by atoms with Crippen LogP contribution in [0.1, 0.15) is 18.4 Å². The number of ether oxygens (including phenoxy) is 1. The van der Waals surface area contributed by atoms with E-state index in [9.17, 15) is 0 Å². The van der Waals surface area contributed by atoms with E-state index in [0.717, 1.165) is 38.3 Å². The molecule has 0 heterocycles. The van der Waals surface area contributed by atoms with Gasteiger partial charge in [0.2, 0.25) is 0 Å². The van der Waals surface area contributed by atoms with E-state index in [1.807, 2.05) is 12.1 Å². The molecule has 17 heavy (non-hydrogen) atoms. The molecule has 3 heteroatoms. The Hall–Kier alpha value is -1.06. The van der Waals surface area contributed by atoms with E-state index >= 15 is 0 Å². The first-order chi connectivity index (χ1) is 8.22. The Labute approximate surface area is 104 Å². The standard InChI is InChI=1S/C14H23NO2/c1-13-6-3-7-14(12-13)17-11-5-9-15(2)8-4-10-16/h3,6-7,12,16H,4-5,8-11H2,1-2H3. The van der Waals surface area contributed by atoms with Gasteiger partial charge < -0.3 is 14.7 Å². The highest BCUT2D eigenvalue weighted by Gasteiger charge is 1.98. The average molecular weight is 237 g/mol. The fourth-order valence-corrected chi connectivity index (χ4v) is 1.68. The van der Waals surface area contributed by atoms with Crippen molar-refractivity contribution in [3.8, 4) is 5.75 Å². The number of rotatable bonds is 8. The summed E-state index contributed by atoms with van der Waals surface area (Å²) in [6, 6.07) is 8.12. The summed E-state index contributed by atoms with van der Waals surface area (Å²) < 4.78 is 5.67. The van der Waals surface area contributed by atoms with Crippen molar-refractivity contribution < 1.29 is 9.84 Å². The number of aryl methyl sites for hydroxylation is 1. The summed E-state index contributed by atoms with van der Waals surface area (Å²) in [5.74, 6) is 0.947. The molecule has 1 aromatic carbocycles. The Bertz CT molecular complexity index is 315. The van der Waals surface area contributed by atoms with Crippen LogP contribution in [0, 0.1) is 6.92 Å². The van der Waals surface area contributed by atoms with Crippen LogP contribution in [0.2, 0.25) is 0 Å². The molecular formula is C14H23NO2. The third-order valence-electron chi connectivity index (χ3n) is 2.64. The number of hydrogen-bond donors (Lipinski definition) is 1. The van der Waals surface area contributed by atoms with Crippen molar-refractivity contribution in [1.82, 2.24) is 4.90 Å². The molecule has 0 aliphatic rings. The van der Waals surface area contributed by atoms with Crippen LogP contribution >= 0.6 is 0 Å². The van der Waals surface area contributed by atoms with Crippen molar-refractivity contribution in [3.63, 3.8) is 0 Å². The summed E-state index contributed by atoms with van der Waals surface area (Å²) >= 11 is 0. The summed E-state index contributed by atoms with van der Waals surface area (Å²) in [4.78, 5) is 2.22. The predicted molar refractivity (Wildman–Crippen MR) is 70.5 cm³/mol. The van der Waals surface area contributed by atoms with E-state index in [-0.39, 0.29) is 6.61 Å². The van der Waals surface area contributed by atoms with Gasteiger partial charge >= 0.3 is 0 Å². The van der Waals surface area contributed by atoms with Crippen molar-refractivity contribution in [2.24, 2.45) is 0 Å². The number of benzene rings is 1. The van der Waals surface area contributed by atoms with Crippen molar-refractivity contribution in [3.05, 3.63) is 29.8 Å². The van der Waals surface area contributed by atoms with E-state index < -0.39 is 0 Å². The molecule has 0 radical (unpaired) electrons.